The summed E-state index contributed by atoms with van der Waals surface area (Å²) in [5.41, 5.74) is 0.450. The highest BCUT2D eigenvalue weighted by Crippen LogP contribution is 2.39. The van der Waals surface area contributed by atoms with Crippen LogP contribution in [-0.4, -0.2) is 58.8 Å². The Morgan fingerprint density at radius 2 is 2.03 bits per heavy atom. The zero-order chi connectivity index (χ0) is 22.4. The van der Waals surface area contributed by atoms with E-state index in [1.165, 1.54) is 0 Å². The molecule has 0 saturated carbocycles. The lowest BCUT2D eigenvalue weighted by atomic mass is 9.97. The number of nitrogens with zero attached hydrogens (tertiary/aromatic N) is 2. The summed E-state index contributed by atoms with van der Waals surface area (Å²) < 4.78 is 6.90. The van der Waals surface area contributed by atoms with Gasteiger partial charge in [0, 0.05) is 41.7 Å². The van der Waals surface area contributed by atoms with E-state index in [-0.39, 0.29) is 55.6 Å². The van der Waals surface area contributed by atoms with Crippen LogP contribution < -0.4 is 5.32 Å². The number of rotatable bonds is 8. The van der Waals surface area contributed by atoms with Crippen molar-refractivity contribution in [3.05, 3.63) is 47.5 Å². The second-order valence-electron chi connectivity index (χ2n) is 7.62. The molecule has 3 rings (SSSR count). The Morgan fingerprint density at radius 3 is 2.65 bits per heavy atom. The quantitative estimate of drug-likeness (QED) is 0.449. The van der Waals surface area contributed by atoms with Crippen molar-refractivity contribution in [3.63, 3.8) is 0 Å². The van der Waals surface area contributed by atoms with Crippen LogP contribution >= 0.6 is 19.1 Å². The van der Waals surface area contributed by atoms with Gasteiger partial charge in [-0.25, -0.2) is 4.79 Å². The summed E-state index contributed by atoms with van der Waals surface area (Å²) in [4.78, 5) is 39.2. The number of benzene rings is 1. The molecule has 1 aromatic carbocycles. The lowest BCUT2D eigenvalue weighted by Crippen LogP contribution is -2.52. The molecule has 166 valence electrons. The van der Waals surface area contributed by atoms with Crippen LogP contribution in [0.25, 0.3) is 0 Å². The molecule has 2 aliphatic rings. The summed E-state index contributed by atoms with van der Waals surface area (Å²) in [5, 5.41) is 3.23. The number of ether oxygens (including phenoxy) is 1. The minimum absolute atomic E-state index is 0.0174. The summed E-state index contributed by atoms with van der Waals surface area (Å²) in [6.07, 6.45) is 4.56. The molecule has 2 aliphatic heterocycles. The molecule has 2 saturated heterocycles. The molecule has 1 aromatic rings. The number of nitrogens with one attached hydrogen (secondary N) is 1. The number of hydrogen-bond donors (Lipinski definition) is 1. The first-order valence-electron chi connectivity index (χ1n) is 10.2. The summed E-state index contributed by atoms with van der Waals surface area (Å²) in [6.45, 7) is 3.97. The van der Waals surface area contributed by atoms with Gasteiger partial charge < -0.3 is 15.0 Å². The van der Waals surface area contributed by atoms with E-state index in [1.54, 1.807) is 35.0 Å². The molecule has 31 heavy (non-hydrogen) atoms. The smallest absolute Gasteiger partial charge is 0.410 e. The van der Waals surface area contributed by atoms with Gasteiger partial charge in [0.25, 0.3) is 5.91 Å². The first-order chi connectivity index (χ1) is 14.9. The van der Waals surface area contributed by atoms with Gasteiger partial charge in [-0.1, -0.05) is 30.3 Å². The Balaban J connectivity index is 1.52. The van der Waals surface area contributed by atoms with E-state index in [9.17, 15) is 14.4 Å². The molecular weight excluding hydrogens is 457 g/mol. The van der Waals surface area contributed by atoms with Gasteiger partial charge in [0.15, 0.2) is 0 Å². The molecule has 0 radical (unpaired) electrons. The number of hydrogen-bond acceptors (Lipinski definition) is 5. The highest BCUT2D eigenvalue weighted by atomic mass is 35.5. The predicted octanol–water partition coefficient (Wildman–Crippen LogP) is 3.93. The SMILES string of the molecule is C=CCOC(=O)N1[C@@H]2CC[C@H]1CC(N(P=S)C(=O)CCNC(=O)c1cccc(Cl)c1)C2. The average Bonchev–Trinajstić information content (AvgIpc) is 3.02. The summed E-state index contributed by atoms with van der Waals surface area (Å²) in [5.74, 6) is -0.377. The van der Waals surface area contributed by atoms with Crippen molar-refractivity contribution < 1.29 is 19.1 Å². The van der Waals surface area contributed by atoms with Crippen molar-refractivity contribution in [3.8, 4) is 0 Å². The van der Waals surface area contributed by atoms with Crippen LogP contribution in [0.15, 0.2) is 36.9 Å². The predicted molar refractivity (Wildman–Crippen MR) is 123 cm³/mol. The number of piperidine rings is 1. The maximum Gasteiger partial charge on any atom is 0.410 e. The third-order valence-electron chi connectivity index (χ3n) is 5.64. The number of fused-ring (bicyclic) bond motifs is 2. The maximum absolute atomic E-state index is 12.8. The second-order valence-corrected chi connectivity index (χ2v) is 9.14. The van der Waals surface area contributed by atoms with Crippen LogP contribution in [0.3, 0.4) is 0 Å². The van der Waals surface area contributed by atoms with E-state index in [2.05, 4.69) is 11.9 Å². The Morgan fingerprint density at radius 1 is 1.32 bits per heavy atom. The number of amides is 3. The average molecular weight is 482 g/mol. The fraction of sp³-hybridized carbons (Fsp3) is 0.476. The van der Waals surface area contributed by atoms with E-state index < -0.39 is 0 Å². The molecule has 0 spiro atoms. The van der Waals surface area contributed by atoms with Crippen LogP contribution in [0.1, 0.15) is 42.5 Å². The van der Waals surface area contributed by atoms with Gasteiger partial charge in [-0.2, -0.15) is 0 Å². The van der Waals surface area contributed by atoms with Gasteiger partial charge in [0.05, 0.1) is 7.51 Å². The highest BCUT2D eigenvalue weighted by molar-refractivity contribution is 7.95. The third-order valence-corrected chi connectivity index (χ3v) is 7.13. The molecule has 10 heteroatoms. The molecule has 0 aromatic heterocycles. The molecule has 1 N–H and O–H groups in total. The van der Waals surface area contributed by atoms with Crippen molar-refractivity contribution in [2.75, 3.05) is 13.2 Å². The van der Waals surface area contributed by atoms with Gasteiger partial charge in [0.1, 0.15) is 6.61 Å². The Kier molecular flexibility index (Phi) is 8.41. The topological polar surface area (TPSA) is 79.0 Å². The van der Waals surface area contributed by atoms with Crippen LogP contribution in [0.2, 0.25) is 5.02 Å². The van der Waals surface area contributed by atoms with Gasteiger partial charge in [-0.3, -0.25) is 14.3 Å². The van der Waals surface area contributed by atoms with E-state index in [1.807, 2.05) is 4.90 Å². The zero-order valence-corrected chi connectivity index (χ0v) is 19.5. The van der Waals surface area contributed by atoms with Crippen LogP contribution in [0.4, 0.5) is 4.79 Å². The number of halogens is 1. The summed E-state index contributed by atoms with van der Waals surface area (Å²) in [6, 6.07) is 6.73. The van der Waals surface area contributed by atoms with Gasteiger partial charge in [-0.15, -0.1) is 0 Å². The first-order valence-corrected chi connectivity index (χ1v) is 12.4. The Bertz CT molecular complexity index is 857. The highest BCUT2D eigenvalue weighted by Gasteiger charge is 2.46. The van der Waals surface area contributed by atoms with Crippen LogP contribution in [0, 0.1) is 0 Å². The second kappa shape index (κ2) is 11.0. The lowest BCUT2D eigenvalue weighted by molar-refractivity contribution is -0.128. The van der Waals surface area contributed by atoms with E-state index in [0.29, 0.717) is 30.9 Å². The fourth-order valence-corrected chi connectivity index (χ4v) is 5.67. The van der Waals surface area contributed by atoms with Crippen molar-refractivity contribution in [2.24, 2.45) is 0 Å². The Hall–Kier alpha value is -2.02. The van der Waals surface area contributed by atoms with E-state index in [0.717, 1.165) is 12.8 Å². The van der Waals surface area contributed by atoms with Crippen molar-refractivity contribution >= 4 is 48.8 Å². The normalized spacial score (nSPS) is 22.1. The fourth-order valence-electron chi connectivity index (χ4n) is 4.30. The number of carbonyl (C=O) groups is 3. The molecule has 2 heterocycles. The summed E-state index contributed by atoms with van der Waals surface area (Å²) >= 11 is 11.1. The van der Waals surface area contributed by atoms with Crippen LogP contribution in [0.5, 0.6) is 0 Å². The molecule has 1 unspecified atom stereocenters. The third kappa shape index (κ3) is 5.82. The van der Waals surface area contributed by atoms with E-state index >= 15 is 0 Å². The molecule has 3 atom stereocenters. The maximum atomic E-state index is 12.8. The van der Waals surface area contributed by atoms with Gasteiger partial charge >= 0.3 is 6.09 Å². The molecular formula is C21H25ClN3O4PS. The van der Waals surface area contributed by atoms with Crippen molar-refractivity contribution in [1.82, 2.24) is 14.9 Å². The van der Waals surface area contributed by atoms with E-state index in [4.69, 9.17) is 28.1 Å². The van der Waals surface area contributed by atoms with Crippen LogP contribution in [-0.2, 0) is 21.3 Å². The molecule has 7 nitrogen and oxygen atoms in total. The first kappa shape index (κ1) is 23.6. The monoisotopic (exact) mass is 481 g/mol. The van der Waals surface area contributed by atoms with Gasteiger partial charge in [-0.05, 0) is 55.7 Å². The standard InChI is InChI=1S/C21H25ClN3O4PS/c1-2-10-29-21(28)24-16-6-7-17(24)13-18(12-16)25(30-31)19(26)8-9-23-20(27)14-4-3-5-15(22)11-14/h2-5,11,16-18H,1,6-10,12-13H2,(H,23,27)/t16-,17+,18?. The Labute approximate surface area is 193 Å². The molecule has 2 bridgehead atoms. The molecule has 2 fully saturated rings. The minimum Gasteiger partial charge on any atom is -0.445 e. The molecule has 3 amide bonds. The minimum atomic E-state index is -0.316. The molecule has 0 aliphatic carbocycles. The van der Waals surface area contributed by atoms with Crippen molar-refractivity contribution in [1.29, 1.82) is 0 Å². The van der Waals surface area contributed by atoms with Gasteiger partial charge in [0.2, 0.25) is 5.91 Å². The zero-order valence-electron chi connectivity index (χ0n) is 17.0. The largest absolute Gasteiger partial charge is 0.445 e. The lowest BCUT2D eigenvalue weighted by Gasteiger charge is -2.40. The summed E-state index contributed by atoms with van der Waals surface area (Å²) in [7, 11) is 0.453. The number of carbonyl (C=O) groups excluding carboxylic acids is 3. The van der Waals surface area contributed by atoms with Crippen molar-refractivity contribution in [2.45, 2.75) is 50.2 Å².